The molecule has 0 saturated carbocycles. The van der Waals surface area contributed by atoms with E-state index in [-0.39, 0.29) is 12.2 Å². The molecule has 0 fully saturated rings. The van der Waals surface area contributed by atoms with Gasteiger partial charge >= 0.3 is 12.3 Å². The predicted molar refractivity (Wildman–Crippen MR) is 88.9 cm³/mol. The summed E-state index contributed by atoms with van der Waals surface area (Å²) in [6, 6.07) is 13.7. The van der Waals surface area contributed by atoms with Crippen molar-refractivity contribution < 1.29 is 31.9 Å². The van der Waals surface area contributed by atoms with Crippen LogP contribution in [0.4, 0.5) is 13.2 Å². The van der Waals surface area contributed by atoms with E-state index in [0.717, 1.165) is 17.7 Å². The highest BCUT2D eigenvalue weighted by Gasteiger charge is 2.31. The summed E-state index contributed by atoms with van der Waals surface area (Å²) < 4.78 is 50.9. The molecule has 0 aliphatic rings. The summed E-state index contributed by atoms with van der Waals surface area (Å²) in [6.45, 7) is 1.58. The number of carbonyl (C=O) groups excluding carboxylic acids is 1. The SMILES string of the molecule is Cc1oc(-c2ccccc2)nc1COC(=O)c1ccc(OC(F)(F)F)cc1. The van der Waals surface area contributed by atoms with Crippen molar-refractivity contribution in [2.75, 3.05) is 0 Å². The van der Waals surface area contributed by atoms with Crippen LogP contribution in [0.2, 0.25) is 0 Å². The van der Waals surface area contributed by atoms with Crippen molar-refractivity contribution in [2.24, 2.45) is 0 Å². The number of nitrogens with zero attached hydrogens (tertiary/aromatic N) is 1. The normalized spacial score (nSPS) is 11.3. The maximum absolute atomic E-state index is 12.1. The van der Waals surface area contributed by atoms with E-state index >= 15 is 0 Å². The van der Waals surface area contributed by atoms with E-state index in [2.05, 4.69) is 9.72 Å². The number of aromatic nitrogens is 1. The summed E-state index contributed by atoms with van der Waals surface area (Å²) in [7, 11) is 0. The lowest BCUT2D eigenvalue weighted by atomic mass is 10.2. The van der Waals surface area contributed by atoms with E-state index in [1.165, 1.54) is 12.1 Å². The Labute approximate surface area is 152 Å². The Morgan fingerprint density at radius 3 is 2.37 bits per heavy atom. The molecule has 0 N–H and O–H groups in total. The molecule has 3 rings (SSSR count). The molecule has 0 bridgehead atoms. The van der Waals surface area contributed by atoms with Crippen LogP contribution in [0.3, 0.4) is 0 Å². The van der Waals surface area contributed by atoms with Gasteiger partial charge in [-0.15, -0.1) is 13.2 Å². The molecule has 0 radical (unpaired) electrons. The largest absolute Gasteiger partial charge is 0.573 e. The van der Waals surface area contributed by atoms with Crippen molar-refractivity contribution in [3.8, 4) is 17.2 Å². The van der Waals surface area contributed by atoms with Crippen molar-refractivity contribution in [2.45, 2.75) is 19.9 Å². The highest BCUT2D eigenvalue weighted by Crippen LogP contribution is 2.24. The van der Waals surface area contributed by atoms with Crippen molar-refractivity contribution in [3.05, 3.63) is 71.6 Å². The first-order valence-corrected chi connectivity index (χ1v) is 7.86. The molecule has 0 aliphatic carbocycles. The number of alkyl halides is 3. The summed E-state index contributed by atoms with van der Waals surface area (Å²) in [6.07, 6.45) is -4.79. The Morgan fingerprint density at radius 1 is 1.07 bits per heavy atom. The number of carbonyl (C=O) groups is 1. The molecule has 27 heavy (non-hydrogen) atoms. The van der Waals surface area contributed by atoms with Crippen molar-refractivity contribution in [1.29, 1.82) is 0 Å². The van der Waals surface area contributed by atoms with Gasteiger partial charge in [0.25, 0.3) is 0 Å². The molecule has 2 aromatic carbocycles. The van der Waals surface area contributed by atoms with Crippen LogP contribution < -0.4 is 4.74 Å². The quantitative estimate of drug-likeness (QED) is 0.592. The molecule has 5 nitrogen and oxygen atoms in total. The second-order valence-electron chi connectivity index (χ2n) is 5.54. The first-order valence-electron chi connectivity index (χ1n) is 7.86. The Kier molecular flexibility index (Phi) is 5.16. The second kappa shape index (κ2) is 7.53. The molecule has 0 atom stereocenters. The van der Waals surface area contributed by atoms with Crippen LogP contribution in [0.5, 0.6) is 5.75 Å². The molecule has 1 aromatic heterocycles. The monoisotopic (exact) mass is 377 g/mol. The highest BCUT2D eigenvalue weighted by atomic mass is 19.4. The number of rotatable bonds is 5. The van der Waals surface area contributed by atoms with Gasteiger partial charge in [-0.1, -0.05) is 18.2 Å². The lowest BCUT2D eigenvalue weighted by Gasteiger charge is -2.09. The third kappa shape index (κ3) is 4.87. The van der Waals surface area contributed by atoms with Crippen LogP contribution in [0.25, 0.3) is 11.5 Å². The standard InChI is InChI=1S/C19H14F3NO4/c1-12-16(23-17(26-12)13-5-3-2-4-6-13)11-25-18(24)14-7-9-15(10-8-14)27-19(20,21)22/h2-10H,11H2,1H3. The number of benzene rings is 2. The van der Waals surface area contributed by atoms with Gasteiger partial charge in [0.15, 0.2) is 0 Å². The van der Waals surface area contributed by atoms with Gasteiger partial charge in [0.1, 0.15) is 23.8 Å². The molecule has 0 spiro atoms. The highest BCUT2D eigenvalue weighted by molar-refractivity contribution is 5.89. The lowest BCUT2D eigenvalue weighted by Crippen LogP contribution is -2.17. The van der Waals surface area contributed by atoms with Crippen molar-refractivity contribution in [3.63, 3.8) is 0 Å². The molecular weight excluding hydrogens is 363 g/mol. The molecule has 1 heterocycles. The second-order valence-corrected chi connectivity index (χ2v) is 5.54. The van der Waals surface area contributed by atoms with E-state index in [9.17, 15) is 18.0 Å². The van der Waals surface area contributed by atoms with E-state index in [0.29, 0.717) is 17.3 Å². The Hall–Kier alpha value is -3.29. The van der Waals surface area contributed by atoms with E-state index in [4.69, 9.17) is 9.15 Å². The Balaban J connectivity index is 1.63. The minimum absolute atomic E-state index is 0.0916. The van der Waals surface area contributed by atoms with Gasteiger partial charge in [-0.05, 0) is 43.3 Å². The summed E-state index contributed by atoms with van der Waals surface area (Å²) >= 11 is 0. The molecule has 0 amide bonds. The van der Waals surface area contributed by atoms with Crippen LogP contribution >= 0.6 is 0 Å². The molecule has 0 saturated heterocycles. The van der Waals surface area contributed by atoms with Crippen LogP contribution in [0, 0.1) is 6.92 Å². The average molecular weight is 377 g/mol. The van der Waals surface area contributed by atoms with Crippen LogP contribution in [-0.4, -0.2) is 17.3 Å². The fraction of sp³-hybridized carbons (Fsp3) is 0.158. The predicted octanol–water partition coefficient (Wildman–Crippen LogP) is 4.91. The van der Waals surface area contributed by atoms with Gasteiger partial charge in [-0.3, -0.25) is 0 Å². The van der Waals surface area contributed by atoms with Gasteiger partial charge in [-0.25, -0.2) is 9.78 Å². The van der Waals surface area contributed by atoms with Crippen LogP contribution in [0.15, 0.2) is 59.0 Å². The molecular formula is C19H14F3NO4. The van der Waals surface area contributed by atoms with Gasteiger partial charge in [0.2, 0.25) is 5.89 Å². The first-order chi connectivity index (χ1) is 12.8. The van der Waals surface area contributed by atoms with Crippen LogP contribution in [-0.2, 0) is 11.3 Å². The lowest BCUT2D eigenvalue weighted by molar-refractivity contribution is -0.274. The molecule has 0 aliphatic heterocycles. The van der Waals surface area contributed by atoms with Gasteiger partial charge in [-0.2, -0.15) is 0 Å². The number of oxazole rings is 1. The number of esters is 1. The minimum atomic E-state index is -4.79. The number of hydrogen-bond acceptors (Lipinski definition) is 5. The maximum atomic E-state index is 12.1. The minimum Gasteiger partial charge on any atom is -0.455 e. The number of aryl methyl sites for hydroxylation is 1. The van der Waals surface area contributed by atoms with Gasteiger partial charge < -0.3 is 13.9 Å². The van der Waals surface area contributed by atoms with E-state index in [1.807, 2.05) is 30.3 Å². The first kappa shape index (κ1) is 18.5. The van der Waals surface area contributed by atoms with Gasteiger partial charge in [0.05, 0.1) is 5.56 Å². The Morgan fingerprint density at radius 2 is 1.74 bits per heavy atom. The third-order valence-corrected chi connectivity index (χ3v) is 3.58. The molecule has 0 unspecified atom stereocenters. The molecule has 3 aromatic rings. The fourth-order valence-corrected chi connectivity index (χ4v) is 2.28. The maximum Gasteiger partial charge on any atom is 0.573 e. The number of ether oxygens (including phenoxy) is 2. The zero-order chi connectivity index (χ0) is 19.4. The van der Waals surface area contributed by atoms with E-state index in [1.54, 1.807) is 6.92 Å². The summed E-state index contributed by atoms with van der Waals surface area (Å²) in [5, 5.41) is 0. The van der Waals surface area contributed by atoms with Crippen molar-refractivity contribution >= 4 is 5.97 Å². The summed E-state index contributed by atoms with van der Waals surface area (Å²) in [5.74, 6) is -0.195. The summed E-state index contributed by atoms with van der Waals surface area (Å²) in [4.78, 5) is 16.4. The number of halogens is 3. The Bertz CT molecular complexity index is 918. The zero-order valence-corrected chi connectivity index (χ0v) is 14.1. The third-order valence-electron chi connectivity index (χ3n) is 3.58. The number of hydrogen-bond donors (Lipinski definition) is 0. The van der Waals surface area contributed by atoms with Gasteiger partial charge in [0, 0.05) is 5.56 Å². The molecule has 140 valence electrons. The molecule has 8 heteroatoms. The average Bonchev–Trinajstić information content (AvgIpc) is 3.00. The zero-order valence-electron chi connectivity index (χ0n) is 14.1. The van der Waals surface area contributed by atoms with Crippen molar-refractivity contribution in [1.82, 2.24) is 4.98 Å². The fourth-order valence-electron chi connectivity index (χ4n) is 2.28. The van der Waals surface area contributed by atoms with E-state index < -0.39 is 18.1 Å². The smallest absolute Gasteiger partial charge is 0.455 e. The summed E-state index contributed by atoms with van der Waals surface area (Å²) in [5.41, 5.74) is 1.34. The topological polar surface area (TPSA) is 61.6 Å². The van der Waals surface area contributed by atoms with Crippen LogP contribution in [0.1, 0.15) is 21.8 Å².